The maximum absolute atomic E-state index is 12.2. The van der Waals surface area contributed by atoms with Crippen LogP contribution in [0.3, 0.4) is 0 Å². The molecule has 0 radical (unpaired) electrons. The van der Waals surface area contributed by atoms with E-state index in [9.17, 15) is 14.4 Å². The molecule has 2 N–H and O–H groups in total. The van der Waals surface area contributed by atoms with Gasteiger partial charge in [-0.15, -0.1) is 0 Å². The molecule has 0 bridgehead atoms. The smallest absolute Gasteiger partial charge is 0.262 e. The highest BCUT2D eigenvalue weighted by molar-refractivity contribution is 6.02. The number of hydrogen-bond donors (Lipinski definition) is 2. The number of hydrogen-bond acceptors (Lipinski definition) is 4. The number of carbonyl (C=O) groups is 3. The molecule has 2 aromatic carbocycles. The van der Waals surface area contributed by atoms with Gasteiger partial charge in [0.2, 0.25) is 5.91 Å². The van der Waals surface area contributed by atoms with Gasteiger partial charge in [-0.25, -0.2) is 0 Å². The highest BCUT2D eigenvalue weighted by Gasteiger charge is 2.18. The summed E-state index contributed by atoms with van der Waals surface area (Å²) >= 11 is 0. The Balaban J connectivity index is 1.58. The van der Waals surface area contributed by atoms with E-state index in [4.69, 9.17) is 4.74 Å². The van der Waals surface area contributed by atoms with Crippen molar-refractivity contribution in [1.82, 2.24) is 0 Å². The number of ketones is 1. The van der Waals surface area contributed by atoms with Crippen LogP contribution in [0.15, 0.2) is 48.5 Å². The van der Waals surface area contributed by atoms with Crippen molar-refractivity contribution in [1.29, 1.82) is 0 Å². The maximum Gasteiger partial charge on any atom is 0.262 e. The summed E-state index contributed by atoms with van der Waals surface area (Å²) in [4.78, 5) is 35.4. The second-order valence-electron chi connectivity index (χ2n) is 5.39. The van der Waals surface area contributed by atoms with Gasteiger partial charge in [-0.3, -0.25) is 14.4 Å². The molecule has 0 spiro atoms. The molecule has 1 heterocycles. The van der Waals surface area contributed by atoms with Crippen LogP contribution in [0.2, 0.25) is 0 Å². The van der Waals surface area contributed by atoms with E-state index in [-0.39, 0.29) is 37.0 Å². The zero-order valence-corrected chi connectivity index (χ0v) is 12.9. The first-order valence-electron chi connectivity index (χ1n) is 7.56. The van der Waals surface area contributed by atoms with Crippen molar-refractivity contribution in [2.24, 2.45) is 0 Å². The predicted octanol–water partition coefficient (Wildman–Crippen LogP) is 2.62. The van der Waals surface area contributed by atoms with Crippen molar-refractivity contribution in [3.8, 4) is 5.75 Å². The molecule has 122 valence electrons. The van der Waals surface area contributed by atoms with Gasteiger partial charge < -0.3 is 15.4 Å². The summed E-state index contributed by atoms with van der Waals surface area (Å²) in [6.07, 6.45) is 0.180. The van der Waals surface area contributed by atoms with E-state index in [1.807, 2.05) is 18.2 Å². The number of benzene rings is 2. The Morgan fingerprint density at radius 2 is 1.88 bits per heavy atom. The van der Waals surface area contributed by atoms with Crippen molar-refractivity contribution in [3.05, 3.63) is 54.1 Å². The van der Waals surface area contributed by atoms with E-state index < -0.39 is 0 Å². The minimum absolute atomic E-state index is 0.0278. The number of rotatable bonds is 5. The Bertz CT molecular complexity index is 787. The molecule has 0 aromatic heterocycles. The van der Waals surface area contributed by atoms with Crippen molar-refractivity contribution >= 4 is 29.0 Å². The number of amides is 2. The Morgan fingerprint density at radius 1 is 1.08 bits per heavy atom. The fourth-order valence-corrected chi connectivity index (χ4v) is 2.37. The van der Waals surface area contributed by atoms with Gasteiger partial charge in [0.05, 0.1) is 5.69 Å². The van der Waals surface area contributed by atoms with E-state index in [1.54, 1.807) is 30.3 Å². The number of para-hydroxylation sites is 1. The van der Waals surface area contributed by atoms with E-state index >= 15 is 0 Å². The highest BCUT2D eigenvalue weighted by atomic mass is 16.5. The molecule has 2 amide bonds. The molecule has 3 rings (SSSR count). The standard InChI is InChI=1S/C18H16N2O4/c21-15(7-9-17(22)19-13-4-2-1-3-5-13)12-6-8-16-14(10-12)20-18(23)11-24-16/h1-6,8,10H,7,9,11H2,(H,19,22)(H,20,23). The molecular formula is C18H16N2O4. The SMILES string of the molecule is O=C(CCC(=O)c1ccc2c(c1)NC(=O)CO2)Nc1ccccc1. The molecule has 0 atom stereocenters. The summed E-state index contributed by atoms with van der Waals surface area (Å²) in [5.41, 5.74) is 1.61. The van der Waals surface area contributed by atoms with Crippen LogP contribution in [0.4, 0.5) is 11.4 Å². The molecule has 24 heavy (non-hydrogen) atoms. The lowest BCUT2D eigenvalue weighted by atomic mass is 10.0. The van der Waals surface area contributed by atoms with Gasteiger partial charge in [0, 0.05) is 24.1 Å². The van der Waals surface area contributed by atoms with Gasteiger partial charge in [0.1, 0.15) is 5.75 Å². The number of fused-ring (bicyclic) bond motifs is 1. The van der Waals surface area contributed by atoms with Crippen molar-refractivity contribution in [3.63, 3.8) is 0 Å². The lowest BCUT2D eigenvalue weighted by Crippen LogP contribution is -2.25. The Hall–Kier alpha value is -3.15. The van der Waals surface area contributed by atoms with Crippen LogP contribution in [-0.2, 0) is 9.59 Å². The van der Waals surface area contributed by atoms with E-state index in [1.165, 1.54) is 0 Å². The fraction of sp³-hybridized carbons (Fsp3) is 0.167. The molecule has 6 heteroatoms. The highest BCUT2D eigenvalue weighted by Crippen LogP contribution is 2.28. The quantitative estimate of drug-likeness (QED) is 0.828. The summed E-state index contributed by atoms with van der Waals surface area (Å²) in [7, 11) is 0. The monoisotopic (exact) mass is 324 g/mol. The minimum Gasteiger partial charge on any atom is -0.482 e. The Morgan fingerprint density at radius 3 is 2.67 bits per heavy atom. The summed E-state index contributed by atoms with van der Waals surface area (Å²) < 4.78 is 5.25. The van der Waals surface area contributed by atoms with Crippen LogP contribution in [0.5, 0.6) is 5.75 Å². The first-order valence-corrected chi connectivity index (χ1v) is 7.56. The first-order chi connectivity index (χ1) is 11.6. The zero-order valence-electron chi connectivity index (χ0n) is 12.9. The topological polar surface area (TPSA) is 84.5 Å². The third kappa shape index (κ3) is 3.78. The van der Waals surface area contributed by atoms with Crippen LogP contribution < -0.4 is 15.4 Å². The normalized spacial score (nSPS) is 12.6. The van der Waals surface area contributed by atoms with Crippen LogP contribution in [0.1, 0.15) is 23.2 Å². The number of anilines is 2. The predicted molar refractivity (Wildman–Crippen MR) is 89.2 cm³/mol. The molecule has 2 aromatic rings. The minimum atomic E-state index is -0.255. The molecule has 0 unspecified atom stereocenters. The van der Waals surface area contributed by atoms with Gasteiger partial charge in [0.15, 0.2) is 12.4 Å². The second kappa shape index (κ2) is 6.95. The van der Waals surface area contributed by atoms with Crippen molar-refractivity contribution in [2.45, 2.75) is 12.8 Å². The largest absolute Gasteiger partial charge is 0.482 e. The van der Waals surface area contributed by atoms with Crippen molar-refractivity contribution in [2.75, 3.05) is 17.2 Å². The van der Waals surface area contributed by atoms with E-state index in [0.29, 0.717) is 22.7 Å². The lowest BCUT2D eigenvalue weighted by Gasteiger charge is -2.18. The average Bonchev–Trinajstić information content (AvgIpc) is 2.60. The summed E-state index contributed by atoms with van der Waals surface area (Å²) in [6, 6.07) is 13.9. The summed E-state index contributed by atoms with van der Waals surface area (Å²) in [5, 5.41) is 5.39. The van der Waals surface area contributed by atoms with Crippen LogP contribution in [0, 0.1) is 0 Å². The fourth-order valence-electron chi connectivity index (χ4n) is 2.37. The maximum atomic E-state index is 12.2. The molecule has 0 fully saturated rings. The third-order valence-electron chi connectivity index (χ3n) is 3.57. The van der Waals surface area contributed by atoms with Gasteiger partial charge in [-0.05, 0) is 30.3 Å². The molecule has 0 saturated carbocycles. The van der Waals surface area contributed by atoms with Crippen LogP contribution >= 0.6 is 0 Å². The average molecular weight is 324 g/mol. The number of nitrogens with one attached hydrogen (secondary N) is 2. The Kier molecular flexibility index (Phi) is 4.56. The Labute approximate surface area is 138 Å². The van der Waals surface area contributed by atoms with Gasteiger partial charge in [-0.2, -0.15) is 0 Å². The molecule has 1 aliphatic rings. The number of carbonyl (C=O) groups excluding carboxylic acids is 3. The summed E-state index contributed by atoms with van der Waals surface area (Å²) in [5.74, 6) is -0.104. The second-order valence-corrected chi connectivity index (χ2v) is 5.39. The first kappa shape index (κ1) is 15.7. The van der Waals surface area contributed by atoms with E-state index in [0.717, 1.165) is 0 Å². The molecule has 6 nitrogen and oxygen atoms in total. The van der Waals surface area contributed by atoms with Crippen LogP contribution in [-0.4, -0.2) is 24.2 Å². The zero-order chi connectivity index (χ0) is 16.9. The molecule has 0 aliphatic carbocycles. The van der Waals surface area contributed by atoms with Gasteiger partial charge in [-0.1, -0.05) is 18.2 Å². The lowest BCUT2D eigenvalue weighted by molar-refractivity contribution is -0.118. The van der Waals surface area contributed by atoms with Crippen LogP contribution in [0.25, 0.3) is 0 Å². The van der Waals surface area contributed by atoms with Gasteiger partial charge >= 0.3 is 0 Å². The molecular weight excluding hydrogens is 308 g/mol. The van der Waals surface area contributed by atoms with E-state index in [2.05, 4.69) is 10.6 Å². The number of Topliss-reactive ketones (excluding diaryl/α,β-unsaturated/α-hetero) is 1. The number of ether oxygens (including phenoxy) is 1. The third-order valence-corrected chi connectivity index (χ3v) is 3.57. The molecule has 1 aliphatic heterocycles. The van der Waals surface area contributed by atoms with Crippen molar-refractivity contribution < 1.29 is 19.1 Å². The van der Waals surface area contributed by atoms with Gasteiger partial charge in [0.25, 0.3) is 5.91 Å². The molecule has 0 saturated heterocycles. The summed E-state index contributed by atoms with van der Waals surface area (Å²) in [6.45, 7) is -0.0278.